The number of hydrogen-bond acceptors (Lipinski definition) is 3. The molecule has 0 aliphatic carbocycles. The third-order valence-electron chi connectivity index (χ3n) is 4.62. The summed E-state index contributed by atoms with van der Waals surface area (Å²) in [6, 6.07) is 14.3. The van der Waals surface area contributed by atoms with Crippen LogP contribution in [-0.4, -0.2) is 32.7 Å². The molecule has 0 saturated carbocycles. The molecule has 3 rings (SSSR count). The maximum atomic E-state index is 11.9. The van der Waals surface area contributed by atoms with Crippen LogP contribution < -0.4 is 15.0 Å². The largest absolute Gasteiger partial charge is 0.484 e. The first-order valence-electron chi connectivity index (χ1n) is 8.91. The lowest BCUT2D eigenvalue weighted by atomic mass is 9.98. The van der Waals surface area contributed by atoms with Crippen LogP contribution >= 0.6 is 0 Å². The molecule has 132 valence electrons. The van der Waals surface area contributed by atoms with Gasteiger partial charge in [-0.15, -0.1) is 0 Å². The fourth-order valence-electron chi connectivity index (χ4n) is 3.17. The molecule has 0 fully saturated rings. The highest BCUT2D eigenvalue weighted by Gasteiger charge is 2.13. The molecule has 4 nitrogen and oxygen atoms in total. The molecule has 1 N–H and O–H groups in total. The molecule has 0 aromatic heterocycles. The number of nitrogens with one attached hydrogen (secondary N) is 1. The van der Waals surface area contributed by atoms with E-state index in [1.54, 1.807) is 0 Å². The van der Waals surface area contributed by atoms with E-state index in [9.17, 15) is 4.79 Å². The number of rotatable bonds is 6. The Morgan fingerprint density at radius 3 is 2.80 bits per heavy atom. The highest BCUT2D eigenvalue weighted by atomic mass is 16.5. The number of hydrogen-bond donors (Lipinski definition) is 1. The van der Waals surface area contributed by atoms with Crippen LogP contribution in [0, 0.1) is 6.92 Å². The standard InChI is InChI=1S/C21H26N2O2/c1-16-5-8-19(9-6-16)25-15-21(24)22-12-11-17-7-10-20-18(14-17)4-3-13-23(20)2/h5-10,14H,3-4,11-13,15H2,1-2H3,(H,22,24). The number of ether oxygens (including phenoxy) is 1. The van der Waals surface area contributed by atoms with Crippen molar-refractivity contribution in [2.24, 2.45) is 0 Å². The topological polar surface area (TPSA) is 41.6 Å². The molecule has 1 aliphatic heterocycles. The van der Waals surface area contributed by atoms with Gasteiger partial charge in [0.2, 0.25) is 0 Å². The van der Waals surface area contributed by atoms with Gasteiger partial charge in [0.15, 0.2) is 6.61 Å². The average molecular weight is 338 g/mol. The van der Waals surface area contributed by atoms with Gasteiger partial charge in [-0.25, -0.2) is 0 Å². The molecular weight excluding hydrogens is 312 g/mol. The molecule has 2 aromatic rings. The maximum Gasteiger partial charge on any atom is 0.257 e. The zero-order chi connectivity index (χ0) is 17.6. The fraction of sp³-hybridized carbons (Fsp3) is 0.381. The number of aryl methyl sites for hydroxylation is 2. The van der Waals surface area contributed by atoms with Crippen LogP contribution in [0.25, 0.3) is 0 Å². The van der Waals surface area contributed by atoms with E-state index in [2.05, 4.69) is 35.5 Å². The molecule has 1 heterocycles. The number of carbonyl (C=O) groups excluding carboxylic acids is 1. The molecule has 2 aromatic carbocycles. The molecule has 0 unspecified atom stereocenters. The second kappa shape index (κ2) is 8.06. The Labute approximate surface area is 149 Å². The van der Waals surface area contributed by atoms with Gasteiger partial charge in [-0.2, -0.15) is 0 Å². The van der Waals surface area contributed by atoms with E-state index >= 15 is 0 Å². The van der Waals surface area contributed by atoms with Crippen molar-refractivity contribution in [1.29, 1.82) is 0 Å². The molecule has 25 heavy (non-hydrogen) atoms. The van der Waals surface area contributed by atoms with Crippen molar-refractivity contribution < 1.29 is 9.53 Å². The maximum absolute atomic E-state index is 11.9. The average Bonchev–Trinajstić information content (AvgIpc) is 2.61. The molecule has 1 amide bonds. The molecule has 0 radical (unpaired) electrons. The van der Waals surface area contributed by atoms with Gasteiger partial charge in [-0.3, -0.25) is 4.79 Å². The first-order valence-corrected chi connectivity index (χ1v) is 8.91. The van der Waals surface area contributed by atoms with E-state index < -0.39 is 0 Å². The zero-order valence-corrected chi connectivity index (χ0v) is 15.0. The van der Waals surface area contributed by atoms with Crippen molar-refractivity contribution in [1.82, 2.24) is 5.32 Å². The van der Waals surface area contributed by atoms with Crippen LogP contribution in [0.5, 0.6) is 5.75 Å². The Kier molecular flexibility index (Phi) is 5.59. The predicted molar refractivity (Wildman–Crippen MR) is 101 cm³/mol. The van der Waals surface area contributed by atoms with Gasteiger partial charge >= 0.3 is 0 Å². The van der Waals surface area contributed by atoms with Gasteiger partial charge in [0, 0.05) is 25.8 Å². The summed E-state index contributed by atoms with van der Waals surface area (Å²) in [5.74, 6) is 0.637. The molecular formula is C21H26N2O2. The summed E-state index contributed by atoms with van der Waals surface area (Å²) in [5, 5.41) is 2.93. The van der Waals surface area contributed by atoms with E-state index in [-0.39, 0.29) is 12.5 Å². The summed E-state index contributed by atoms with van der Waals surface area (Å²) in [4.78, 5) is 14.2. The molecule has 1 aliphatic rings. The van der Waals surface area contributed by atoms with Crippen molar-refractivity contribution in [2.45, 2.75) is 26.2 Å². The van der Waals surface area contributed by atoms with Gasteiger partial charge in [-0.05, 0) is 55.5 Å². The molecule has 0 spiro atoms. The van der Waals surface area contributed by atoms with Crippen molar-refractivity contribution in [2.75, 3.05) is 31.6 Å². The Bertz CT molecular complexity index is 725. The van der Waals surface area contributed by atoms with Gasteiger partial charge < -0.3 is 15.0 Å². The number of amides is 1. The molecule has 4 heteroatoms. The summed E-state index contributed by atoms with van der Waals surface area (Å²) in [6.07, 6.45) is 3.19. The number of fused-ring (bicyclic) bond motifs is 1. The summed E-state index contributed by atoms with van der Waals surface area (Å²) in [7, 11) is 2.14. The van der Waals surface area contributed by atoms with Gasteiger partial charge in [0.05, 0.1) is 0 Å². The fourth-order valence-corrected chi connectivity index (χ4v) is 3.17. The van der Waals surface area contributed by atoms with Crippen LogP contribution in [0.15, 0.2) is 42.5 Å². The highest BCUT2D eigenvalue weighted by molar-refractivity contribution is 5.77. The van der Waals surface area contributed by atoms with Crippen LogP contribution in [0.3, 0.4) is 0 Å². The summed E-state index contributed by atoms with van der Waals surface area (Å²) in [5.41, 5.74) is 5.20. The zero-order valence-electron chi connectivity index (χ0n) is 15.0. The van der Waals surface area contributed by atoms with E-state index in [0.29, 0.717) is 6.54 Å². The number of carbonyl (C=O) groups is 1. The summed E-state index contributed by atoms with van der Waals surface area (Å²) >= 11 is 0. The Hall–Kier alpha value is -2.49. The van der Waals surface area contributed by atoms with E-state index in [1.165, 1.54) is 28.8 Å². The molecule has 0 saturated heterocycles. The monoisotopic (exact) mass is 338 g/mol. The van der Waals surface area contributed by atoms with Crippen LogP contribution in [0.4, 0.5) is 5.69 Å². The minimum absolute atomic E-state index is 0.0536. The lowest BCUT2D eigenvalue weighted by molar-refractivity contribution is -0.123. The van der Waals surface area contributed by atoms with Crippen molar-refractivity contribution >= 4 is 11.6 Å². The van der Waals surface area contributed by atoms with Gasteiger partial charge in [0.1, 0.15) is 5.75 Å². The van der Waals surface area contributed by atoms with Crippen LogP contribution in [0.1, 0.15) is 23.1 Å². The SMILES string of the molecule is Cc1ccc(OCC(=O)NCCc2ccc3c(c2)CCCN3C)cc1. The second-order valence-electron chi connectivity index (χ2n) is 6.69. The molecule has 0 bridgehead atoms. The van der Waals surface area contributed by atoms with Gasteiger partial charge in [0.25, 0.3) is 5.91 Å². The van der Waals surface area contributed by atoms with Crippen molar-refractivity contribution in [3.63, 3.8) is 0 Å². The normalized spacial score (nSPS) is 13.3. The Balaban J connectivity index is 1.43. The smallest absolute Gasteiger partial charge is 0.257 e. The van der Waals surface area contributed by atoms with E-state index in [4.69, 9.17) is 4.74 Å². The number of benzene rings is 2. The quantitative estimate of drug-likeness (QED) is 0.880. The third-order valence-corrected chi connectivity index (χ3v) is 4.62. The van der Waals surface area contributed by atoms with Crippen molar-refractivity contribution in [3.8, 4) is 5.75 Å². The van der Waals surface area contributed by atoms with Crippen LogP contribution in [-0.2, 0) is 17.6 Å². The minimum Gasteiger partial charge on any atom is -0.484 e. The summed E-state index contributed by atoms with van der Waals surface area (Å²) in [6.45, 7) is 3.83. The number of nitrogens with zero attached hydrogens (tertiary/aromatic N) is 1. The second-order valence-corrected chi connectivity index (χ2v) is 6.69. The van der Waals surface area contributed by atoms with Crippen molar-refractivity contribution in [3.05, 3.63) is 59.2 Å². The highest BCUT2D eigenvalue weighted by Crippen LogP contribution is 2.26. The van der Waals surface area contributed by atoms with E-state index in [0.717, 1.165) is 25.1 Å². The van der Waals surface area contributed by atoms with E-state index in [1.807, 2.05) is 31.2 Å². The van der Waals surface area contributed by atoms with Crippen LogP contribution in [0.2, 0.25) is 0 Å². The Morgan fingerprint density at radius 2 is 2.00 bits per heavy atom. The van der Waals surface area contributed by atoms with Gasteiger partial charge in [-0.1, -0.05) is 29.8 Å². The molecule has 0 atom stereocenters. The summed E-state index contributed by atoms with van der Waals surface area (Å²) < 4.78 is 5.49. The third kappa shape index (κ3) is 4.75. The predicted octanol–water partition coefficient (Wildman–Crippen LogP) is 3.12. The lowest BCUT2D eigenvalue weighted by Crippen LogP contribution is -2.30. The lowest BCUT2D eigenvalue weighted by Gasteiger charge is -2.27. The first-order chi connectivity index (χ1) is 12.1. The minimum atomic E-state index is -0.0849. The Morgan fingerprint density at radius 1 is 1.20 bits per heavy atom. The first kappa shape index (κ1) is 17.3. The number of anilines is 1.